The summed E-state index contributed by atoms with van der Waals surface area (Å²) >= 11 is 0. The molecule has 0 aromatic heterocycles. The molecule has 12 heavy (non-hydrogen) atoms. The Bertz CT molecular complexity index is 207. The maximum atomic E-state index is 2.43. The minimum atomic E-state index is 0.587. The highest BCUT2D eigenvalue weighted by atomic mass is 14.8. The molecule has 0 saturated heterocycles. The van der Waals surface area contributed by atoms with Crippen molar-refractivity contribution in [2.45, 2.75) is 52.9 Å². The Kier molecular flexibility index (Phi) is 1.00. The van der Waals surface area contributed by atoms with Crippen molar-refractivity contribution in [2.75, 3.05) is 0 Å². The van der Waals surface area contributed by atoms with Gasteiger partial charge in [0.1, 0.15) is 0 Å². The molecule has 4 aliphatic carbocycles. The second kappa shape index (κ2) is 1.63. The van der Waals surface area contributed by atoms with Gasteiger partial charge in [-0.05, 0) is 54.3 Å². The molecule has 0 unspecified atom stereocenters. The fraction of sp³-hybridized carbons (Fsp3) is 1.00. The van der Waals surface area contributed by atoms with Crippen LogP contribution in [0.2, 0.25) is 0 Å². The van der Waals surface area contributed by atoms with E-state index < -0.39 is 0 Å². The molecule has 0 atom stereocenters. The van der Waals surface area contributed by atoms with Crippen molar-refractivity contribution in [1.29, 1.82) is 0 Å². The van der Waals surface area contributed by atoms with E-state index in [-0.39, 0.29) is 0 Å². The van der Waals surface area contributed by atoms with Crippen LogP contribution in [0, 0.1) is 22.2 Å². The highest BCUT2D eigenvalue weighted by Crippen LogP contribution is 2.84. The summed E-state index contributed by atoms with van der Waals surface area (Å²) in [5.41, 5.74) is 2.27. The monoisotopic (exact) mass is 164 g/mol. The summed E-state index contributed by atoms with van der Waals surface area (Å²) in [5, 5.41) is 0. The quantitative estimate of drug-likeness (QED) is 0.555. The van der Waals surface area contributed by atoms with E-state index in [9.17, 15) is 0 Å². The van der Waals surface area contributed by atoms with Crippen LogP contribution in [0.1, 0.15) is 52.9 Å². The van der Waals surface area contributed by atoms with Crippen LogP contribution < -0.4 is 0 Å². The normalized spacial score (nSPS) is 51.2. The summed E-state index contributed by atoms with van der Waals surface area (Å²) in [5.74, 6) is 1.17. The SMILES string of the molecule is CC(C)(C)C12CC(C3CC3)(C1)C2. The first kappa shape index (κ1) is 7.41. The number of rotatable bonds is 1. The smallest absolute Gasteiger partial charge is 0.0233 e. The highest BCUT2D eigenvalue weighted by Gasteiger charge is 2.74. The van der Waals surface area contributed by atoms with Crippen molar-refractivity contribution in [1.82, 2.24) is 0 Å². The molecule has 0 amide bonds. The molecule has 4 rings (SSSR count). The van der Waals surface area contributed by atoms with E-state index in [4.69, 9.17) is 0 Å². The van der Waals surface area contributed by atoms with Gasteiger partial charge in [0.05, 0.1) is 0 Å². The standard InChI is InChI=1S/C12H20/c1-10(2,3)12-6-11(7-12,8-12)9-4-5-9/h9H,4-8H2,1-3H3. The van der Waals surface area contributed by atoms with Crippen LogP contribution in [0.25, 0.3) is 0 Å². The average molecular weight is 164 g/mol. The van der Waals surface area contributed by atoms with Gasteiger partial charge >= 0.3 is 0 Å². The van der Waals surface area contributed by atoms with E-state index in [0.29, 0.717) is 5.41 Å². The summed E-state index contributed by atoms with van der Waals surface area (Å²) < 4.78 is 0. The van der Waals surface area contributed by atoms with Gasteiger partial charge in [-0.1, -0.05) is 20.8 Å². The lowest BCUT2D eigenvalue weighted by atomic mass is 9.28. The molecule has 0 heterocycles. The van der Waals surface area contributed by atoms with Crippen molar-refractivity contribution in [3.8, 4) is 0 Å². The molecule has 0 aliphatic heterocycles. The van der Waals surface area contributed by atoms with Crippen LogP contribution in [0.15, 0.2) is 0 Å². The van der Waals surface area contributed by atoms with Gasteiger partial charge in [-0.3, -0.25) is 0 Å². The molecule has 4 aliphatic rings. The second-order valence-electron chi connectivity index (χ2n) is 6.70. The van der Waals surface area contributed by atoms with E-state index in [1.54, 1.807) is 32.1 Å². The Morgan fingerprint density at radius 3 is 1.83 bits per heavy atom. The third-order valence-electron chi connectivity index (χ3n) is 5.11. The molecule has 0 spiro atoms. The van der Waals surface area contributed by atoms with E-state index in [1.807, 2.05) is 0 Å². The first-order valence-corrected chi connectivity index (χ1v) is 5.48. The fourth-order valence-electron chi connectivity index (χ4n) is 3.79. The second-order valence-corrected chi connectivity index (χ2v) is 6.70. The molecule has 0 aromatic carbocycles. The molecule has 2 bridgehead atoms. The van der Waals surface area contributed by atoms with Gasteiger partial charge < -0.3 is 0 Å². The van der Waals surface area contributed by atoms with E-state index in [0.717, 1.165) is 10.8 Å². The van der Waals surface area contributed by atoms with Gasteiger partial charge in [-0.2, -0.15) is 0 Å². The molecule has 0 N–H and O–H groups in total. The zero-order chi connectivity index (χ0) is 8.61. The Hall–Kier alpha value is 0. The minimum Gasteiger partial charge on any atom is -0.0596 e. The lowest BCUT2D eigenvalue weighted by Gasteiger charge is -2.76. The van der Waals surface area contributed by atoms with Gasteiger partial charge in [-0.15, -0.1) is 0 Å². The third-order valence-corrected chi connectivity index (χ3v) is 5.11. The average Bonchev–Trinajstić information content (AvgIpc) is 2.33. The molecular weight excluding hydrogens is 144 g/mol. The van der Waals surface area contributed by atoms with Gasteiger partial charge in [0.25, 0.3) is 0 Å². The van der Waals surface area contributed by atoms with Crippen LogP contribution in [0.3, 0.4) is 0 Å². The maximum Gasteiger partial charge on any atom is -0.0233 e. The molecule has 4 fully saturated rings. The molecule has 0 heteroatoms. The molecule has 0 aromatic rings. The summed E-state index contributed by atoms with van der Waals surface area (Å²) in [6.45, 7) is 7.30. The molecule has 4 saturated carbocycles. The molecular formula is C12H20. The first-order valence-electron chi connectivity index (χ1n) is 5.48. The molecule has 0 radical (unpaired) electrons. The lowest BCUT2D eigenvalue weighted by Crippen LogP contribution is -2.67. The van der Waals surface area contributed by atoms with Crippen molar-refractivity contribution < 1.29 is 0 Å². The summed E-state index contributed by atoms with van der Waals surface area (Å²) in [4.78, 5) is 0. The summed E-state index contributed by atoms with van der Waals surface area (Å²) in [6.07, 6.45) is 7.84. The van der Waals surface area contributed by atoms with Crippen LogP contribution in [0.5, 0.6) is 0 Å². The zero-order valence-corrected chi connectivity index (χ0v) is 8.61. The van der Waals surface area contributed by atoms with Crippen LogP contribution in [-0.2, 0) is 0 Å². The fourth-order valence-corrected chi connectivity index (χ4v) is 3.79. The Balaban J connectivity index is 1.74. The Morgan fingerprint density at radius 2 is 1.50 bits per heavy atom. The minimum absolute atomic E-state index is 0.587. The first-order chi connectivity index (χ1) is 5.48. The lowest BCUT2D eigenvalue weighted by molar-refractivity contribution is -0.269. The number of hydrogen-bond acceptors (Lipinski definition) is 0. The van der Waals surface area contributed by atoms with Crippen molar-refractivity contribution in [3.63, 3.8) is 0 Å². The van der Waals surface area contributed by atoms with Crippen molar-refractivity contribution in [3.05, 3.63) is 0 Å². The zero-order valence-electron chi connectivity index (χ0n) is 8.61. The maximum absolute atomic E-state index is 2.43. The largest absolute Gasteiger partial charge is 0.0596 e. The van der Waals surface area contributed by atoms with Crippen LogP contribution in [0.4, 0.5) is 0 Å². The molecule has 68 valence electrons. The summed E-state index contributed by atoms with van der Waals surface area (Å²) in [6, 6.07) is 0. The van der Waals surface area contributed by atoms with E-state index in [1.165, 1.54) is 5.92 Å². The van der Waals surface area contributed by atoms with Gasteiger partial charge in [0.2, 0.25) is 0 Å². The van der Waals surface area contributed by atoms with Gasteiger partial charge in [0, 0.05) is 0 Å². The molecule has 0 nitrogen and oxygen atoms in total. The van der Waals surface area contributed by atoms with Crippen LogP contribution in [-0.4, -0.2) is 0 Å². The topological polar surface area (TPSA) is 0 Å². The Labute approximate surface area is 75.7 Å². The van der Waals surface area contributed by atoms with Crippen molar-refractivity contribution >= 4 is 0 Å². The Morgan fingerprint density at radius 1 is 1.00 bits per heavy atom. The number of hydrogen-bond donors (Lipinski definition) is 0. The van der Waals surface area contributed by atoms with Gasteiger partial charge in [-0.25, -0.2) is 0 Å². The van der Waals surface area contributed by atoms with Gasteiger partial charge in [0.15, 0.2) is 0 Å². The predicted octanol–water partition coefficient (Wildman–Crippen LogP) is 3.61. The third kappa shape index (κ3) is 0.625. The van der Waals surface area contributed by atoms with E-state index >= 15 is 0 Å². The summed E-state index contributed by atoms with van der Waals surface area (Å²) in [7, 11) is 0. The van der Waals surface area contributed by atoms with Crippen molar-refractivity contribution in [2.24, 2.45) is 22.2 Å². The predicted molar refractivity (Wildman–Crippen MR) is 50.9 cm³/mol. The van der Waals surface area contributed by atoms with Crippen LogP contribution >= 0.6 is 0 Å². The highest BCUT2D eigenvalue weighted by molar-refractivity contribution is 5.24. The van der Waals surface area contributed by atoms with E-state index in [2.05, 4.69) is 20.8 Å².